The van der Waals surface area contributed by atoms with Gasteiger partial charge in [0.15, 0.2) is 5.96 Å². The molecule has 1 heterocycles. The van der Waals surface area contributed by atoms with Crippen LogP contribution in [0.1, 0.15) is 28.5 Å². The summed E-state index contributed by atoms with van der Waals surface area (Å²) in [5.41, 5.74) is 16.7. The lowest BCUT2D eigenvalue weighted by Gasteiger charge is -2.10. The van der Waals surface area contributed by atoms with Gasteiger partial charge in [-0.15, -0.1) is 0 Å². The maximum absolute atomic E-state index is 12.8. The lowest BCUT2D eigenvalue weighted by atomic mass is 9.94. The van der Waals surface area contributed by atoms with Gasteiger partial charge in [-0.3, -0.25) is 0 Å². The van der Waals surface area contributed by atoms with Gasteiger partial charge in [-0.2, -0.15) is 0 Å². The Bertz CT molecular complexity index is 1330. The molecule has 0 unspecified atom stereocenters. The number of benzene rings is 3. The van der Waals surface area contributed by atoms with Crippen molar-refractivity contribution in [2.75, 3.05) is 6.61 Å². The second-order valence-corrected chi connectivity index (χ2v) is 7.55. The van der Waals surface area contributed by atoms with Gasteiger partial charge in [-0.1, -0.05) is 48.5 Å². The Balaban J connectivity index is 1.96. The molecule has 0 aliphatic heterocycles. The third-order valence-corrected chi connectivity index (χ3v) is 5.64. The van der Waals surface area contributed by atoms with Crippen molar-refractivity contribution in [2.24, 2.45) is 23.5 Å². The molecular formula is C25H26N4O2. The zero-order chi connectivity index (χ0) is 22.1. The average molecular weight is 415 g/mol. The molecule has 0 saturated heterocycles. The van der Waals surface area contributed by atoms with Crippen LogP contribution in [0.3, 0.4) is 0 Å². The largest absolute Gasteiger partial charge is 0.462 e. The van der Waals surface area contributed by atoms with Crippen molar-refractivity contribution in [2.45, 2.75) is 20.4 Å². The zero-order valence-electron chi connectivity index (χ0n) is 18.0. The number of carbonyl (C=O) groups excluding carboxylic acids is 1. The minimum Gasteiger partial charge on any atom is -0.462 e. The second kappa shape index (κ2) is 8.14. The number of guanidine groups is 1. The summed E-state index contributed by atoms with van der Waals surface area (Å²) < 4.78 is 7.29. The Hall–Kier alpha value is -3.80. The summed E-state index contributed by atoms with van der Waals surface area (Å²) in [6.07, 6.45) is 0. The minimum absolute atomic E-state index is 0.0213. The SMILES string of the molecule is CCOC(=O)c1c(CN=C(N)N)n(C)c2cc(-c3cccc4cccc(C)c34)ccc12. The molecule has 0 fully saturated rings. The lowest BCUT2D eigenvalue weighted by molar-refractivity contribution is 0.0527. The number of aromatic nitrogens is 1. The molecule has 4 rings (SSSR count). The zero-order valence-corrected chi connectivity index (χ0v) is 18.0. The number of hydrogen-bond donors (Lipinski definition) is 2. The lowest BCUT2D eigenvalue weighted by Crippen LogP contribution is -2.23. The van der Waals surface area contributed by atoms with Crippen LogP contribution in [0.4, 0.5) is 0 Å². The summed E-state index contributed by atoms with van der Waals surface area (Å²) in [6, 6.07) is 18.8. The summed E-state index contributed by atoms with van der Waals surface area (Å²) in [5, 5.41) is 3.25. The molecule has 31 heavy (non-hydrogen) atoms. The molecule has 6 nitrogen and oxygen atoms in total. The van der Waals surface area contributed by atoms with Crippen molar-refractivity contribution < 1.29 is 9.53 Å². The van der Waals surface area contributed by atoms with Crippen molar-refractivity contribution in [3.63, 3.8) is 0 Å². The molecule has 0 saturated carbocycles. The summed E-state index contributed by atoms with van der Waals surface area (Å²) >= 11 is 0. The summed E-state index contributed by atoms with van der Waals surface area (Å²) in [5.74, 6) is -0.394. The molecule has 0 aliphatic carbocycles. The van der Waals surface area contributed by atoms with Gasteiger partial charge >= 0.3 is 5.97 Å². The van der Waals surface area contributed by atoms with Crippen LogP contribution in [0, 0.1) is 6.92 Å². The van der Waals surface area contributed by atoms with Gasteiger partial charge in [0.2, 0.25) is 0 Å². The average Bonchev–Trinajstić information content (AvgIpc) is 3.03. The van der Waals surface area contributed by atoms with Crippen molar-refractivity contribution in [3.05, 3.63) is 71.4 Å². The van der Waals surface area contributed by atoms with Crippen molar-refractivity contribution >= 4 is 33.6 Å². The number of aryl methyl sites for hydroxylation is 2. The van der Waals surface area contributed by atoms with E-state index in [9.17, 15) is 4.79 Å². The van der Waals surface area contributed by atoms with E-state index in [4.69, 9.17) is 16.2 Å². The molecule has 0 radical (unpaired) electrons. The molecule has 0 atom stereocenters. The molecule has 4 aromatic rings. The Morgan fingerprint density at radius 2 is 1.84 bits per heavy atom. The first-order valence-electron chi connectivity index (χ1n) is 10.2. The van der Waals surface area contributed by atoms with Gasteiger partial charge in [0.25, 0.3) is 0 Å². The third kappa shape index (κ3) is 3.61. The van der Waals surface area contributed by atoms with Crippen LogP contribution in [0.15, 0.2) is 59.6 Å². The first-order valence-corrected chi connectivity index (χ1v) is 10.2. The highest BCUT2D eigenvalue weighted by atomic mass is 16.5. The van der Waals surface area contributed by atoms with E-state index in [1.807, 2.05) is 17.7 Å². The van der Waals surface area contributed by atoms with Crippen molar-refractivity contribution in [3.8, 4) is 11.1 Å². The summed E-state index contributed by atoms with van der Waals surface area (Å²) in [7, 11) is 1.92. The maximum atomic E-state index is 12.8. The van der Waals surface area contributed by atoms with E-state index in [2.05, 4.69) is 60.4 Å². The number of ether oxygens (including phenoxy) is 1. The predicted molar refractivity (Wildman–Crippen MR) is 126 cm³/mol. The van der Waals surface area contributed by atoms with Crippen LogP contribution < -0.4 is 11.5 Å². The van der Waals surface area contributed by atoms with Crippen molar-refractivity contribution in [1.82, 2.24) is 4.57 Å². The topological polar surface area (TPSA) is 95.6 Å². The summed E-state index contributed by atoms with van der Waals surface area (Å²) in [4.78, 5) is 16.9. The molecule has 3 aromatic carbocycles. The monoisotopic (exact) mass is 414 g/mol. The number of hydrogen-bond acceptors (Lipinski definition) is 3. The first-order chi connectivity index (χ1) is 14.9. The van der Waals surface area contributed by atoms with Gasteiger partial charge in [0, 0.05) is 18.0 Å². The fraction of sp³-hybridized carbons (Fsp3) is 0.200. The Labute approximate surface area is 181 Å². The van der Waals surface area contributed by atoms with Crippen LogP contribution in [0.2, 0.25) is 0 Å². The normalized spacial score (nSPS) is 11.1. The van der Waals surface area contributed by atoms with E-state index in [1.54, 1.807) is 6.92 Å². The Morgan fingerprint density at radius 3 is 2.55 bits per heavy atom. The number of fused-ring (bicyclic) bond motifs is 2. The first kappa shape index (κ1) is 20.5. The van der Waals surface area contributed by atoms with Gasteiger partial charge in [-0.25, -0.2) is 9.79 Å². The predicted octanol–water partition coefficient (Wildman–Crippen LogP) is 4.26. The summed E-state index contributed by atoms with van der Waals surface area (Å²) in [6.45, 7) is 4.41. The fourth-order valence-corrected chi connectivity index (χ4v) is 4.21. The Morgan fingerprint density at radius 1 is 1.10 bits per heavy atom. The van der Waals surface area contributed by atoms with E-state index in [0.717, 1.165) is 22.0 Å². The van der Waals surface area contributed by atoms with Gasteiger partial charge in [0.1, 0.15) is 0 Å². The number of aliphatic imine (C=N–C) groups is 1. The molecule has 0 spiro atoms. The van der Waals surface area contributed by atoms with Crippen LogP contribution in [-0.4, -0.2) is 23.1 Å². The van der Waals surface area contributed by atoms with E-state index >= 15 is 0 Å². The standard InChI is InChI=1S/C25H26N4O2/c1-4-31-24(30)23-19-12-11-17(13-20(19)29(3)21(23)14-28-25(26)27)18-10-6-9-16-8-5-7-15(2)22(16)18/h5-13H,4,14H2,1-3H3,(H4,26,27,28). The second-order valence-electron chi connectivity index (χ2n) is 7.55. The van der Waals surface area contributed by atoms with Gasteiger partial charge in [-0.05, 0) is 47.4 Å². The van der Waals surface area contributed by atoms with Gasteiger partial charge in [0.05, 0.1) is 24.4 Å². The fourth-order valence-electron chi connectivity index (χ4n) is 4.21. The number of nitrogens with zero attached hydrogens (tertiary/aromatic N) is 2. The smallest absolute Gasteiger partial charge is 0.340 e. The number of rotatable bonds is 5. The Kier molecular flexibility index (Phi) is 5.38. The number of nitrogens with two attached hydrogens (primary N) is 2. The highest BCUT2D eigenvalue weighted by Crippen LogP contribution is 2.35. The van der Waals surface area contributed by atoms with E-state index < -0.39 is 0 Å². The number of carbonyl (C=O) groups is 1. The molecule has 158 valence electrons. The van der Waals surface area contributed by atoms with E-state index in [0.29, 0.717) is 17.9 Å². The van der Waals surface area contributed by atoms with Crippen LogP contribution in [-0.2, 0) is 18.3 Å². The minimum atomic E-state index is -0.373. The van der Waals surface area contributed by atoms with Crippen LogP contribution >= 0.6 is 0 Å². The third-order valence-electron chi connectivity index (χ3n) is 5.64. The quantitative estimate of drug-likeness (QED) is 0.290. The van der Waals surface area contributed by atoms with E-state index in [-0.39, 0.29) is 18.5 Å². The molecular weight excluding hydrogens is 388 g/mol. The highest BCUT2D eigenvalue weighted by Gasteiger charge is 2.22. The van der Waals surface area contributed by atoms with E-state index in [1.165, 1.54) is 16.3 Å². The molecule has 4 N–H and O–H groups in total. The number of esters is 1. The van der Waals surface area contributed by atoms with Gasteiger partial charge < -0.3 is 20.8 Å². The van der Waals surface area contributed by atoms with Crippen LogP contribution in [0.25, 0.3) is 32.8 Å². The van der Waals surface area contributed by atoms with Crippen LogP contribution in [0.5, 0.6) is 0 Å². The molecule has 0 bridgehead atoms. The molecule has 0 aliphatic rings. The molecule has 1 aromatic heterocycles. The molecule has 6 heteroatoms. The highest BCUT2D eigenvalue weighted by molar-refractivity contribution is 6.08. The molecule has 0 amide bonds. The maximum Gasteiger partial charge on any atom is 0.340 e. The van der Waals surface area contributed by atoms with Crippen molar-refractivity contribution in [1.29, 1.82) is 0 Å².